The van der Waals surface area contributed by atoms with Gasteiger partial charge in [0.1, 0.15) is 0 Å². The summed E-state index contributed by atoms with van der Waals surface area (Å²) in [5, 5.41) is 17.9. The molecule has 0 aromatic heterocycles. The van der Waals surface area contributed by atoms with Gasteiger partial charge in [-0.2, -0.15) is 0 Å². The monoisotopic (exact) mass is 159 g/mol. The number of rotatable bonds is 1. The number of hydrogen-bond donors (Lipinski definition) is 2. The van der Waals surface area contributed by atoms with E-state index in [1.165, 1.54) is 0 Å². The molecule has 1 rings (SSSR count). The summed E-state index contributed by atoms with van der Waals surface area (Å²) in [5.41, 5.74) is 0. The number of piperidine rings is 1. The zero-order valence-corrected chi connectivity index (χ0v) is 7.20. The van der Waals surface area contributed by atoms with Crippen molar-refractivity contribution in [1.29, 1.82) is 0 Å². The molecule has 1 aliphatic rings. The van der Waals surface area contributed by atoms with Crippen LogP contribution in [0.15, 0.2) is 0 Å². The van der Waals surface area contributed by atoms with E-state index in [1.807, 2.05) is 0 Å². The molecule has 0 aromatic rings. The third-order valence-electron chi connectivity index (χ3n) is 2.56. The first kappa shape index (κ1) is 8.97. The number of aliphatic hydroxyl groups is 2. The first-order valence-electron chi connectivity index (χ1n) is 4.16. The van der Waals surface area contributed by atoms with E-state index in [0.29, 0.717) is 5.92 Å². The standard InChI is InChI=1S/C8H17NO2/c1-6-5-9(2)4-3-7(6)8(10)11/h6-8,10-11H,3-5H2,1-2H3. The molecule has 2 atom stereocenters. The van der Waals surface area contributed by atoms with Crippen molar-refractivity contribution < 1.29 is 10.2 Å². The summed E-state index contributed by atoms with van der Waals surface area (Å²) in [5.74, 6) is 0.472. The Bertz CT molecular complexity index is 127. The van der Waals surface area contributed by atoms with Gasteiger partial charge in [0, 0.05) is 12.5 Å². The summed E-state index contributed by atoms with van der Waals surface area (Å²) in [7, 11) is 2.07. The topological polar surface area (TPSA) is 43.7 Å². The van der Waals surface area contributed by atoms with Crippen molar-refractivity contribution in [1.82, 2.24) is 4.90 Å². The summed E-state index contributed by atoms with van der Waals surface area (Å²) < 4.78 is 0. The lowest BCUT2D eigenvalue weighted by Crippen LogP contribution is -2.41. The molecule has 0 saturated carbocycles. The fourth-order valence-corrected chi connectivity index (χ4v) is 1.82. The fourth-order valence-electron chi connectivity index (χ4n) is 1.82. The molecule has 1 aliphatic heterocycles. The Balaban J connectivity index is 2.44. The summed E-state index contributed by atoms with van der Waals surface area (Å²) in [6, 6.07) is 0. The summed E-state index contributed by atoms with van der Waals surface area (Å²) >= 11 is 0. The number of likely N-dealkylation sites (tertiary alicyclic amines) is 1. The molecule has 3 nitrogen and oxygen atoms in total. The van der Waals surface area contributed by atoms with E-state index in [4.69, 9.17) is 10.2 Å². The Morgan fingerprint density at radius 1 is 1.45 bits per heavy atom. The van der Waals surface area contributed by atoms with Crippen molar-refractivity contribution in [2.75, 3.05) is 20.1 Å². The summed E-state index contributed by atoms with van der Waals surface area (Å²) in [6.45, 7) is 4.02. The summed E-state index contributed by atoms with van der Waals surface area (Å²) in [4.78, 5) is 2.23. The van der Waals surface area contributed by atoms with Gasteiger partial charge in [-0.05, 0) is 25.9 Å². The van der Waals surface area contributed by atoms with E-state index in [1.54, 1.807) is 0 Å². The maximum atomic E-state index is 8.97. The van der Waals surface area contributed by atoms with Gasteiger partial charge in [0.2, 0.25) is 0 Å². The molecule has 0 amide bonds. The molecule has 66 valence electrons. The maximum absolute atomic E-state index is 8.97. The molecule has 1 fully saturated rings. The van der Waals surface area contributed by atoms with Crippen molar-refractivity contribution >= 4 is 0 Å². The van der Waals surface area contributed by atoms with Gasteiger partial charge in [0.25, 0.3) is 0 Å². The van der Waals surface area contributed by atoms with Gasteiger partial charge in [-0.3, -0.25) is 0 Å². The van der Waals surface area contributed by atoms with Crippen molar-refractivity contribution in [2.45, 2.75) is 19.6 Å². The Morgan fingerprint density at radius 2 is 2.09 bits per heavy atom. The van der Waals surface area contributed by atoms with Crippen LogP contribution in [-0.4, -0.2) is 41.5 Å². The highest BCUT2D eigenvalue weighted by Gasteiger charge is 2.28. The minimum atomic E-state index is -1.13. The quantitative estimate of drug-likeness (QED) is 0.524. The number of aliphatic hydroxyl groups excluding tert-OH is 1. The Labute approximate surface area is 67.6 Å². The highest BCUT2D eigenvalue weighted by atomic mass is 16.5. The van der Waals surface area contributed by atoms with Crippen LogP contribution < -0.4 is 0 Å². The molecular weight excluding hydrogens is 142 g/mol. The Kier molecular flexibility index (Phi) is 2.87. The molecule has 0 aromatic carbocycles. The molecule has 2 unspecified atom stereocenters. The third kappa shape index (κ3) is 2.15. The van der Waals surface area contributed by atoms with Crippen LogP contribution in [0.4, 0.5) is 0 Å². The van der Waals surface area contributed by atoms with E-state index in [2.05, 4.69) is 18.9 Å². The lowest BCUT2D eigenvalue weighted by atomic mass is 9.87. The van der Waals surface area contributed by atoms with Gasteiger partial charge >= 0.3 is 0 Å². The van der Waals surface area contributed by atoms with E-state index in [0.717, 1.165) is 19.5 Å². The van der Waals surface area contributed by atoms with Gasteiger partial charge in [0.15, 0.2) is 6.29 Å². The highest BCUT2D eigenvalue weighted by Crippen LogP contribution is 2.24. The second-order valence-corrected chi connectivity index (χ2v) is 3.61. The lowest BCUT2D eigenvalue weighted by Gasteiger charge is -2.35. The fraction of sp³-hybridized carbons (Fsp3) is 1.00. The number of hydrogen-bond acceptors (Lipinski definition) is 3. The van der Waals surface area contributed by atoms with Crippen LogP contribution >= 0.6 is 0 Å². The predicted octanol–water partition coefficient (Wildman–Crippen LogP) is -0.115. The average molecular weight is 159 g/mol. The van der Waals surface area contributed by atoms with Crippen LogP contribution in [-0.2, 0) is 0 Å². The Hall–Kier alpha value is -0.120. The first-order valence-corrected chi connectivity index (χ1v) is 4.16. The zero-order valence-electron chi connectivity index (χ0n) is 7.20. The van der Waals surface area contributed by atoms with Crippen molar-refractivity contribution in [3.05, 3.63) is 0 Å². The van der Waals surface area contributed by atoms with Gasteiger partial charge in [-0.25, -0.2) is 0 Å². The molecule has 1 heterocycles. The molecule has 2 N–H and O–H groups in total. The second kappa shape index (κ2) is 3.52. The van der Waals surface area contributed by atoms with E-state index >= 15 is 0 Å². The van der Waals surface area contributed by atoms with Crippen molar-refractivity contribution in [3.63, 3.8) is 0 Å². The average Bonchev–Trinajstić information content (AvgIpc) is 1.85. The van der Waals surface area contributed by atoms with Crippen LogP contribution in [0, 0.1) is 11.8 Å². The predicted molar refractivity (Wildman–Crippen MR) is 43.0 cm³/mol. The van der Waals surface area contributed by atoms with Crippen LogP contribution in [0.3, 0.4) is 0 Å². The van der Waals surface area contributed by atoms with E-state index in [9.17, 15) is 0 Å². The van der Waals surface area contributed by atoms with Crippen LogP contribution in [0.2, 0.25) is 0 Å². The molecule has 0 radical (unpaired) electrons. The number of nitrogens with zero attached hydrogens (tertiary/aromatic N) is 1. The first-order chi connectivity index (χ1) is 5.11. The third-order valence-corrected chi connectivity index (χ3v) is 2.56. The van der Waals surface area contributed by atoms with Crippen LogP contribution in [0.1, 0.15) is 13.3 Å². The molecule has 0 spiro atoms. The highest BCUT2D eigenvalue weighted by molar-refractivity contribution is 4.76. The van der Waals surface area contributed by atoms with Crippen LogP contribution in [0.5, 0.6) is 0 Å². The molecule has 0 aliphatic carbocycles. The van der Waals surface area contributed by atoms with E-state index < -0.39 is 6.29 Å². The minimum Gasteiger partial charge on any atom is -0.368 e. The lowest BCUT2D eigenvalue weighted by molar-refractivity contribution is -0.113. The SMILES string of the molecule is CC1CN(C)CCC1C(O)O. The van der Waals surface area contributed by atoms with Crippen molar-refractivity contribution in [3.8, 4) is 0 Å². The molecule has 11 heavy (non-hydrogen) atoms. The Morgan fingerprint density at radius 3 is 2.55 bits per heavy atom. The van der Waals surface area contributed by atoms with Crippen LogP contribution in [0.25, 0.3) is 0 Å². The smallest absolute Gasteiger partial charge is 0.154 e. The molecular formula is C8H17NO2. The molecule has 1 saturated heterocycles. The minimum absolute atomic E-state index is 0.0752. The van der Waals surface area contributed by atoms with E-state index in [-0.39, 0.29) is 5.92 Å². The van der Waals surface area contributed by atoms with Gasteiger partial charge in [-0.15, -0.1) is 0 Å². The maximum Gasteiger partial charge on any atom is 0.154 e. The normalized spacial score (nSPS) is 34.6. The largest absolute Gasteiger partial charge is 0.368 e. The zero-order chi connectivity index (χ0) is 8.43. The van der Waals surface area contributed by atoms with Crippen molar-refractivity contribution in [2.24, 2.45) is 11.8 Å². The van der Waals surface area contributed by atoms with Gasteiger partial charge in [-0.1, -0.05) is 6.92 Å². The molecule has 0 bridgehead atoms. The summed E-state index contributed by atoms with van der Waals surface area (Å²) in [6.07, 6.45) is -0.228. The van der Waals surface area contributed by atoms with Gasteiger partial charge < -0.3 is 15.1 Å². The molecule has 3 heteroatoms. The second-order valence-electron chi connectivity index (χ2n) is 3.61. The van der Waals surface area contributed by atoms with Gasteiger partial charge in [0.05, 0.1) is 0 Å².